The van der Waals surface area contributed by atoms with Gasteiger partial charge in [0.05, 0.1) is 16.8 Å². The van der Waals surface area contributed by atoms with E-state index < -0.39 is 11.6 Å². The number of amides is 1. The van der Waals surface area contributed by atoms with E-state index in [9.17, 15) is 19.2 Å². The SMILES string of the molecule is O=C1O[C@]2(CC[C@@H](C(=O)Nc3cc(-c4cccc(F)c4)[nH]n3)CC2)c2c[n+]([O-])ccc21. The van der Waals surface area contributed by atoms with Crippen LogP contribution in [0.25, 0.3) is 11.3 Å². The number of benzene rings is 1. The van der Waals surface area contributed by atoms with Crippen LogP contribution in [0.5, 0.6) is 0 Å². The van der Waals surface area contributed by atoms with Crippen LogP contribution in [-0.2, 0) is 15.1 Å². The first-order valence-corrected chi connectivity index (χ1v) is 10.0. The van der Waals surface area contributed by atoms with Gasteiger partial charge >= 0.3 is 5.97 Å². The number of nitrogens with zero attached hydrogens (tertiary/aromatic N) is 2. The van der Waals surface area contributed by atoms with Crippen molar-refractivity contribution in [3.63, 3.8) is 0 Å². The Bertz CT molecular complexity index is 1180. The molecule has 1 amide bonds. The van der Waals surface area contributed by atoms with Crippen LogP contribution in [0.4, 0.5) is 10.2 Å². The van der Waals surface area contributed by atoms with Crippen LogP contribution in [0.2, 0.25) is 0 Å². The Morgan fingerprint density at radius 2 is 2.10 bits per heavy atom. The summed E-state index contributed by atoms with van der Waals surface area (Å²) in [6.07, 6.45) is 4.60. The van der Waals surface area contributed by atoms with E-state index in [0.717, 1.165) is 0 Å². The number of aromatic nitrogens is 3. The molecule has 5 rings (SSSR count). The average Bonchev–Trinajstić information content (AvgIpc) is 3.32. The number of hydrogen-bond donors (Lipinski definition) is 2. The largest absolute Gasteiger partial charge is 0.619 e. The maximum absolute atomic E-state index is 13.4. The number of pyridine rings is 1. The number of carbonyl (C=O) groups is 2. The van der Waals surface area contributed by atoms with Gasteiger partial charge in [0.2, 0.25) is 5.91 Å². The number of H-pyrrole nitrogens is 1. The fraction of sp³-hybridized carbons (Fsp3) is 0.273. The van der Waals surface area contributed by atoms with Gasteiger partial charge in [0.25, 0.3) is 0 Å². The molecule has 0 saturated heterocycles. The van der Waals surface area contributed by atoms with Crippen LogP contribution in [0.1, 0.15) is 41.6 Å². The average molecular weight is 422 g/mol. The summed E-state index contributed by atoms with van der Waals surface area (Å²) in [5.41, 5.74) is 1.40. The zero-order valence-corrected chi connectivity index (χ0v) is 16.4. The number of nitrogens with one attached hydrogen (secondary N) is 2. The summed E-state index contributed by atoms with van der Waals surface area (Å²) in [5, 5.41) is 21.4. The molecule has 0 unspecified atom stereocenters. The lowest BCUT2D eigenvalue weighted by Gasteiger charge is -2.35. The summed E-state index contributed by atoms with van der Waals surface area (Å²) in [6.45, 7) is 0. The zero-order chi connectivity index (χ0) is 21.6. The highest BCUT2D eigenvalue weighted by Gasteiger charge is 2.50. The van der Waals surface area contributed by atoms with Crippen LogP contribution < -0.4 is 10.0 Å². The van der Waals surface area contributed by atoms with Gasteiger partial charge in [-0.3, -0.25) is 9.89 Å². The molecule has 1 saturated carbocycles. The smallest absolute Gasteiger partial charge is 0.339 e. The van der Waals surface area contributed by atoms with Crippen LogP contribution in [0.3, 0.4) is 0 Å². The quantitative estimate of drug-likeness (QED) is 0.383. The molecule has 1 aliphatic carbocycles. The fourth-order valence-corrected chi connectivity index (χ4v) is 4.44. The number of ether oxygens (including phenoxy) is 1. The molecular formula is C22H19FN4O4. The summed E-state index contributed by atoms with van der Waals surface area (Å²) in [5.74, 6) is -0.880. The second kappa shape index (κ2) is 7.19. The second-order valence-electron chi connectivity index (χ2n) is 7.96. The molecule has 2 aromatic heterocycles. The third-order valence-corrected chi connectivity index (χ3v) is 6.06. The number of esters is 1. The zero-order valence-electron chi connectivity index (χ0n) is 16.4. The van der Waals surface area contributed by atoms with Gasteiger partial charge in [-0.2, -0.15) is 9.83 Å². The lowest BCUT2D eigenvalue weighted by molar-refractivity contribution is -0.606. The Balaban J connectivity index is 1.26. The molecule has 3 heterocycles. The number of hydrogen-bond acceptors (Lipinski definition) is 5. The number of rotatable bonds is 3. The predicted octanol–water partition coefficient (Wildman–Crippen LogP) is 3.04. The van der Waals surface area contributed by atoms with Gasteiger partial charge in [-0.05, 0) is 37.8 Å². The highest BCUT2D eigenvalue weighted by molar-refractivity contribution is 5.95. The molecule has 3 aromatic rings. The molecule has 1 aliphatic heterocycles. The van der Waals surface area contributed by atoms with Crippen molar-refractivity contribution in [2.75, 3.05) is 5.32 Å². The van der Waals surface area contributed by atoms with Crippen molar-refractivity contribution >= 4 is 17.7 Å². The molecule has 31 heavy (non-hydrogen) atoms. The molecule has 0 atom stereocenters. The Morgan fingerprint density at radius 3 is 2.87 bits per heavy atom. The van der Waals surface area contributed by atoms with Crippen LogP contribution >= 0.6 is 0 Å². The minimum Gasteiger partial charge on any atom is -0.619 e. The number of anilines is 1. The topological polar surface area (TPSA) is 111 Å². The van der Waals surface area contributed by atoms with Crippen LogP contribution in [0, 0.1) is 16.9 Å². The molecule has 1 fully saturated rings. The number of halogens is 1. The van der Waals surface area contributed by atoms with E-state index in [1.54, 1.807) is 18.2 Å². The van der Waals surface area contributed by atoms with E-state index in [1.807, 2.05) is 0 Å². The van der Waals surface area contributed by atoms with Crippen molar-refractivity contribution in [1.82, 2.24) is 10.2 Å². The highest BCUT2D eigenvalue weighted by atomic mass is 19.1. The van der Waals surface area contributed by atoms with E-state index in [2.05, 4.69) is 15.5 Å². The van der Waals surface area contributed by atoms with Gasteiger partial charge in [-0.25, -0.2) is 9.18 Å². The number of aromatic amines is 1. The molecule has 1 aromatic carbocycles. The summed E-state index contributed by atoms with van der Waals surface area (Å²) in [4.78, 5) is 24.9. The highest BCUT2D eigenvalue weighted by Crippen LogP contribution is 2.47. The van der Waals surface area contributed by atoms with Crippen molar-refractivity contribution in [2.24, 2.45) is 5.92 Å². The van der Waals surface area contributed by atoms with Crippen molar-refractivity contribution in [2.45, 2.75) is 31.3 Å². The lowest BCUT2D eigenvalue weighted by atomic mass is 9.75. The standard InChI is InChI=1S/C22H19FN4O4/c23-15-3-1-2-14(10-15)18-11-19(26-25-18)24-20(28)13-4-7-22(8-5-13)17-12-27(30)9-6-16(17)21(29)31-22/h1-3,6,9-13H,4-5,7-8H2,(H2,24,25,26,28)/t13-,22+. The molecule has 9 heteroatoms. The Morgan fingerprint density at radius 1 is 1.29 bits per heavy atom. The predicted molar refractivity (Wildman–Crippen MR) is 107 cm³/mol. The Labute approximate surface area is 176 Å². The first-order valence-electron chi connectivity index (χ1n) is 10.0. The van der Waals surface area contributed by atoms with Gasteiger partial charge in [0.1, 0.15) is 11.4 Å². The summed E-state index contributed by atoms with van der Waals surface area (Å²) in [6, 6.07) is 9.21. The van der Waals surface area contributed by atoms with Crippen molar-refractivity contribution in [3.8, 4) is 11.3 Å². The van der Waals surface area contributed by atoms with Crippen molar-refractivity contribution in [3.05, 3.63) is 70.9 Å². The van der Waals surface area contributed by atoms with Crippen molar-refractivity contribution in [1.29, 1.82) is 0 Å². The van der Waals surface area contributed by atoms with Gasteiger partial charge in [0, 0.05) is 23.6 Å². The van der Waals surface area contributed by atoms with E-state index in [-0.39, 0.29) is 17.6 Å². The molecule has 2 N–H and O–H groups in total. The molecule has 158 valence electrons. The number of fused-ring (bicyclic) bond motifs is 2. The summed E-state index contributed by atoms with van der Waals surface area (Å²) < 4.78 is 19.7. The van der Waals surface area contributed by atoms with Gasteiger partial charge in [-0.15, -0.1) is 0 Å². The van der Waals surface area contributed by atoms with Gasteiger partial charge in [-0.1, -0.05) is 12.1 Å². The Hall–Kier alpha value is -3.75. The minimum atomic E-state index is -0.840. The first-order chi connectivity index (χ1) is 14.9. The third-order valence-electron chi connectivity index (χ3n) is 6.06. The first kappa shape index (κ1) is 19.2. The maximum Gasteiger partial charge on any atom is 0.339 e. The van der Waals surface area contributed by atoms with Gasteiger partial charge in [0.15, 0.2) is 18.2 Å². The lowest BCUT2D eigenvalue weighted by Crippen LogP contribution is -2.37. The fourth-order valence-electron chi connectivity index (χ4n) is 4.44. The molecule has 2 aliphatic rings. The van der Waals surface area contributed by atoms with Gasteiger partial charge < -0.3 is 15.3 Å². The molecule has 8 nitrogen and oxygen atoms in total. The van der Waals surface area contributed by atoms with E-state index >= 15 is 0 Å². The minimum absolute atomic E-state index is 0.177. The van der Waals surface area contributed by atoms with Crippen molar-refractivity contribution < 1.29 is 23.4 Å². The molecule has 0 bridgehead atoms. The Kier molecular flexibility index (Phi) is 4.46. The molecular weight excluding hydrogens is 403 g/mol. The third kappa shape index (κ3) is 3.41. The monoisotopic (exact) mass is 422 g/mol. The summed E-state index contributed by atoms with van der Waals surface area (Å²) >= 11 is 0. The van der Waals surface area contributed by atoms with Crippen LogP contribution in [0.15, 0.2) is 48.8 Å². The van der Waals surface area contributed by atoms with E-state index in [4.69, 9.17) is 4.74 Å². The summed E-state index contributed by atoms with van der Waals surface area (Å²) in [7, 11) is 0. The number of carbonyl (C=O) groups excluding carboxylic acids is 2. The maximum atomic E-state index is 13.4. The molecule has 0 radical (unpaired) electrons. The van der Waals surface area contributed by atoms with Crippen LogP contribution in [-0.4, -0.2) is 22.1 Å². The molecule has 1 spiro atoms. The second-order valence-corrected chi connectivity index (χ2v) is 7.96. The normalized spacial score (nSPS) is 22.2. The van der Waals surface area contributed by atoms with E-state index in [1.165, 1.54) is 30.6 Å². The van der Waals surface area contributed by atoms with E-state index in [0.29, 0.717) is 58.6 Å².